The molecule has 0 spiro atoms. The van der Waals surface area contributed by atoms with Crippen LogP contribution >= 0.6 is 0 Å². The Balaban J connectivity index is 1.24. The topological polar surface area (TPSA) is 116 Å². The largest absolute Gasteiger partial charge is 0.493 e. The number of hydrogen-bond acceptors (Lipinski definition) is 8. The number of nitrogens with zero attached hydrogens (tertiary/aromatic N) is 3. The van der Waals surface area contributed by atoms with E-state index >= 15 is 0 Å². The van der Waals surface area contributed by atoms with Crippen LogP contribution in [0.1, 0.15) is 50.4 Å². The number of ketones is 1. The van der Waals surface area contributed by atoms with Gasteiger partial charge in [0.2, 0.25) is 5.91 Å². The summed E-state index contributed by atoms with van der Waals surface area (Å²) in [6, 6.07) is 8.66. The average molecular weight is 601 g/mol. The Hall–Kier alpha value is -4.55. The molecule has 226 valence electrons. The summed E-state index contributed by atoms with van der Waals surface area (Å²) < 4.78 is 71.0. The molecule has 0 aliphatic heterocycles. The molecule has 0 radical (unpaired) electrons. The van der Waals surface area contributed by atoms with E-state index in [1.165, 1.54) is 25.4 Å². The first-order chi connectivity index (χ1) is 20.5. The van der Waals surface area contributed by atoms with Crippen LogP contribution in [-0.2, 0) is 21.4 Å². The molecule has 43 heavy (non-hydrogen) atoms. The third-order valence-electron chi connectivity index (χ3n) is 7.25. The molecule has 5 rings (SSSR count). The summed E-state index contributed by atoms with van der Waals surface area (Å²) in [5.41, 5.74) is -0.155. The summed E-state index contributed by atoms with van der Waals surface area (Å²) in [6.45, 7) is 1.96. The van der Waals surface area contributed by atoms with Gasteiger partial charge in [0.1, 0.15) is 17.0 Å². The molecule has 0 saturated heterocycles. The number of methoxy groups -OCH3 is 1. The van der Waals surface area contributed by atoms with E-state index in [4.69, 9.17) is 14.0 Å². The molecule has 1 fully saturated rings. The van der Waals surface area contributed by atoms with Crippen molar-refractivity contribution < 1.29 is 41.1 Å². The quantitative estimate of drug-likeness (QED) is 0.148. The van der Waals surface area contributed by atoms with Crippen molar-refractivity contribution in [2.45, 2.75) is 57.0 Å². The maximum atomic E-state index is 15.0. The lowest BCUT2D eigenvalue weighted by Gasteiger charge is -2.14. The second-order valence-electron chi connectivity index (χ2n) is 10.4. The standard InChI is InChI=1S/C30H28F4N4O5/c1-17(39)5-3-4-10-42-25-13-21-22(14-24(25)41-2)36-23(16-35-21)19-7-6-18(20(31)11-19)12-28(40)37-27-15-26(43-38-27)29(8-9-29)30(32,33)34/h6-7,11,13-16H,3-5,8-10,12H2,1-2H3,(H,37,38,40). The number of amides is 1. The van der Waals surface area contributed by atoms with Crippen LogP contribution in [0.25, 0.3) is 22.3 Å². The zero-order chi connectivity index (χ0) is 30.8. The Morgan fingerprint density at radius 1 is 1.07 bits per heavy atom. The van der Waals surface area contributed by atoms with Crippen LogP contribution in [0.5, 0.6) is 11.5 Å². The lowest BCUT2D eigenvalue weighted by Crippen LogP contribution is -2.28. The van der Waals surface area contributed by atoms with Crippen molar-refractivity contribution >= 4 is 28.5 Å². The van der Waals surface area contributed by atoms with E-state index in [2.05, 4.69) is 20.4 Å². The molecule has 1 aliphatic carbocycles. The lowest BCUT2D eigenvalue weighted by atomic mass is 10.0. The van der Waals surface area contributed by atoms with Gasteiger partial charge in [0.25, 0.3) is 0 Å². The number of Topliss-reactive ketones (excluding diaryl/α,β-unsaturated/α-hetero) is 1. The van der Waals surface area contributed by atoms with Gasteiger partial charge in [-0.3, -0.25) is 9.78 Å². The van der Waals surface area contributed by atoms with E-state index in [1.807, 2.05) is 0 Å². The average Bonchev–Trinajstić information content (AvgIpc) is 3.66. The number of ether oxygens (including phenoxy) is 2. The number of carbonyl (C=O) groups excluding carboxylic acids is 2. The van der Waals surface area contributed by atoms with Gasteiger partial charge in [-0.05, 0) is 44.2 Å². The Morgan fingerprint density at radius 2 is 1.84 bits per heavy atom. The van der Waals surface area contributed by atoms with Gasteiger partial charge in [-0.1, -0.05) is 17.3 Å². The van der Waals surface area contributed by atoms with Crippen molar-refractivity contribution in [3.63, 3.8) is 0 Å². The molecule has 4 aromatic rings. The molecule has 2 heterocycles. The molecule has 0 atom stereocenters. The van der Waals surface area contributed by atoms with Crippen LogP contribution < -0.4 is 14.8 Å². The molecular formula is C30H28F4N4O5. The van der Waals surface area contributed by atoms with Crippen LogP contribution in [0, 0.1) is 5.82 Å². The van der Waals surface area contributed by atoms with Gasteiger partial charge < -0.3 is 24.1 Å². The zero-order valence-electron chi connectivity index (χ0n) is 23.4. The van der Waals surface area contributed by atoms with Gasteiger partial charge in [0.05, 0.1) is 43.1 Å². The van der Waals surface area contributed by atoms with E-state index < -0.39 is 23.3 Å². The van der Waals surface area contributed by atoms with E-state index in [-0.39, 0.29) is 42.2 Å². The third-order valence-corrected chi connectivity index (χ3v) is 7.25. The molecule has 2 aromatic carbocycles. The fourth-order valence-electron chi connectivity index (χ4n) is 4.65. The highest BCUT2D eigenvalue weighted by Crippen LogP contribution is 2.59. The number of aromatic nitrogens is 3. The predicted octanol–water partition coefficient (Wildman–Crippen LogP) is 6.35. The van der Waals surface area contributed by atoms with Crippen molar-refractivity contribution in [1.82, 2.24) is 15.1 Å². The fourth-order valence-corrected chi connectivity index (χ4v) is 4.65. The van der Waals surface area contributed by atoms with E-state index in [0.717, 1.165) is 12.5 Å². The molecule has 1 amide bonds. The summed E-state index contributed by atoms with van der Waals surface area (Å²) in [5.74, 6) is -0.799. The maximum Gasteiger partial charge on any atom is 0.401 e. The SMILES string of the molecule is COc1cc2nc(-c3ccc(CC(=O)Nc4cc(C5(C(F)(F)F)CC5)on4)c(F)c3)cnc2cc1OCCCCC(C)=O. The minimum absolute atomic E-state index is 0.0689. The Morgan fingerprint density at radius 3 is 2.51 bits per heavy atom. The second-order valence-corrected chi connectivity index (χ2v) is 10.4. The van der Waals surface area contributed by atoms with Crippen LogP contribution in [0.4, 0.5) is 23.4 Å². The number of anilines is 1. The molecule has 1 N–H and O–H groups in total. The van der Waals surface area contributed by atoms with Crippen LogP contribution in [0.2, 0.25) is 0 Å². The first-order valence-electron chi connectivity index (χ1n) is 13.6. The van der Waals surface area contributed by atoms with Crippen molar-refractivity contribution in [2.75, 3.05) is 19.0 Å². The van der Waals surface area contributed by atoms with Crippen molar-refractivity contribution in [2.24, 2.45) is 0 Å². The van der Waals surface area contributed by atoms with Crippen LogP contribution in [0.15, 0.2) is 47.1 Å². The molecule has 0 bridgehead atoms. The van der Waals surface area contributed by atoms with Gasteiger partial charge in [-0.2, -0.15) is 13.2 Å². The molecular weight excluding hydrogens is 572 g/mol. The molecule has 1 aliphatic rings. The normalized spacial score (nSPS) is 14.0. The highest BCUT2D eigenvalue weighted by Gasteiger charge is 2.66. The Kier molecular flexibility index (Phi) is 8.34. The number of alkyl halides is 3. The number of hydrogen-bond donors (Lipinski definition) is 1. The molecule has 0 unspecified atom stereocenters. The second kappa shape index (κ2) is 12.0. The Bertz CT molecular complexity index is 1670. The molecule has 9 nitrogen and oxygen atoms in total. The minimum atomic E-state index is -4.48. The first kappa shape index (κ1) is 29.9. The summed E-state index contributed by atoms with van der Waals surface area (Å²) in [6.07, 6.45) is -1.65. The predicted molar refractivity (Wildman–Crippen MR) is 147 cm³/mol. The van der Waals surface area contributed by atoms with Gasteiger partial charge in [0, 0.05) is 30.2 Å². The van der Waals surface area contributed by atoms with Crippen molar-refractivity contribution in [3.05, 3.63) is 59.7 Å². The molecule has 2 aromatic heterocycles. The number of nitrogens with one attached hydrogen (secondary N) is 1. The van der Waals surface area contributed by atoms with E-state index in [1.54, 1.807) is 25.1 Å². The summed E-state index contributed by atoms with van der Waals surface area (Å²) in [7, 11) is 1.50. The third kappa shape index (κ3) is 6.60. The number of halogens is 4. The number of rotatable bonds is 12. The number of benzene rings is 2. The van der Waals surface area contributed by atoms with E-state index in [0.29, 0.717) is 53.2 Å². The first-order valence-corrected chi connectivity index (χ1v) is 13.6. The lowest BCUT2D eigenvalue weighted by molar-refractivity contribution is -0.165. The highest BCUT2D eigenvalue weighted by molar-refractivity contribution is 5.91. The van der Waals surface area contributed by atoms with Gasteiger partial charge in [-0.15, -0.1) is 0 Å². The highest BCUT2D eigenvalue weighted by atomic mass is 19.4. The minimum Gasteiger partial charge on any atom is -0.493 e. The fraction of sp³-hybridized carbons (Fsp3) is 0.367. The van der Waals surface area contributed by atoms with Crippen molar-refractivity contribution in [3.8, 4) is 22.8 Å². The van der Waals surface area contributed by atoms with Gasteiger partial charge >= 0.3 is 6.18 Å². The monoisotopic (exact) mass is 600 g/mol. The number of unbranched alkanes of at least 4 members (excludes halogenated alkanes) is 1. The summed E-state index contributed by atoms with van der Waals surface area (Å²) in [4.78, 5) is 32.6. The van der Waals surface area contributed by atoms with Crippen LogP contribution in [-0.4, -0.2) is 46.7 Å². The van der Waals surface area contributed by atoms with E-state index in [9.17, 15) is 27.2 Å². The maximum absolute atomic E-state index is 15.0. The van der Waals surface area contributed by atoms with Gasteiger partial charge in [0.15, 0.2) is 23.1 Å². The molecule has 1 saturated carbocycles. The Labute approximate surface area is 243 Å². The molecule has 13 heteroatoms. The van der Waals surface area contributed by atoms with Crippen LogP contribution in [0.3, 0.4) is 0 Å². The zero-order valence-corrected chi connectivity index (χ0v) is 23.4. The number of carbonyl (C=O) groups is 2. The van der Waals surface area contributed by atoms with Crippen molar-refractivity contribution in [1.29, 1.82) is 0 Å². The summed E-state index contributed by atoms with van der Waals surface area (Å²) in [5, 5.41) is 5.88. The number of fused-ring (bicyclic) bond motifs is 1. The van der Waals surface area contributed by atoms with Gasteiger partial charge in [-0.25, -0.2) is 9.37 Å². The smallest absolute Gasteiger partial charge is 0.401 e. The summed E-state index contributed by atoms with van der Waals surface area (Å²) >= 11 is 0.